The van der Waals surface area contributed by atoms with Crippen LogP contribution in [0, 0.1) is 5.92 Å². The molecule has 0 bridgehead atoms. The van der Waals surface area contributed by atoms with Crippen molar-refractivity contribution in [3.8, 4) is 0 Å². The second-order valence-corrected chi connectivity index (χ2v) is 6.18. The van der Waals surface area contributed by atoms with Crippen LogP contribution < -0.4 is 5.32 Å². The van der Waals surface area contributed by atoms with Gasteiger partial charge in [-0.3, -0.25) is 0 Å². The summed E-state index contributed by atoms with van der Waals surface area (Å²) in [7, 11) is 0. The van der Waals surface area contributed by atoms with E-state index < -0.39 is 0 Å². The lowest BCUT2D eigenvalue weighted by Crippen LogP contribution is -2.27. The molecule has 4 rings (SSSR count). The van der Waals surface area contributed by atoms with E-state index in [1.165, 1.54) is 24.8 Å². The van der Waals surface area contributed by atoms with Crippen LogP contribution in [-0.2, 0) is 6.42 Å². The van der Waals surface area contributed by atoms with Crippen LogP contribution in [0.15, 0.2) is 42.7 Å². The molecule has 5 nitrogen and oxygen atoms in total. The van der Waals surface area contributed by atoms with E-state index >= 15 is 0 Å². The van der Waals surface area contributed by atoms with Crippen molar-refractivity contribution in [1.82, 2.24) is 19.6 Å². The summed E-state index contributed by atoms with van der Waals surface area (Å²) in [5, 5.41) is 8.05. The third kappa shape index (κ3) is 2.67. The summed E-state index contributed by atoms with van der Waals surface area (Å²) in [6.45, 7) is 2.11. The first-order valence-corrected chi connectivity index (χ1v) is 8.36. The van der Waals surface area contributed by atoms with Crippen LogP contribution >= 0.6 is 0 Å². The normalized spacial score (nSPS) is 16.2. The molecule has 2 aromatic heterocycles. The number of rotatable bonds is 5. The topological polar surface area (TPSA) is 55.1 Å². The van der Waals surface area contributed by atoms with Gasteiger partial charge in [0.25, 0.3) is 5.78 Å². The lowest BCUT2D eigenvalue weighted by atomic mass is 9.77. The number of fused-ring (bicyclic) bond motifs is 1. The van der Waals surface area contributed by atoms with Crippen molar-refractivity contribution in [3.05, 3.63) is 54.0 Å². The highest BCUT2D eigenvalue weighted by Gasteiger charge is 2.29. The molecule has 118 valence electrons. The number of anilines is 1. The zero-order valence-electron chi connectivity index (χ0n) is 13.3. The second kappa shape index (κ2) is 5.99. The highest BCUT2D eigenvalue weighted by atomic mass is 15.4. The van der Waals surface area contributed by atoms with Crippen LogP contribution in [0.2, 0.25) is 0 Å². The third-order valence-electron chi connectivity index (χ3n) is 4.75. The molecular weight excluding hydrogens is 286 g/mol. The Morgan fingerprint density at radius 3 is 2.78 bits per heavy atom. The van der Waals surface area contributed by atoms with Crippen LogP contribution in [0.5, 0.6) is 0 Å². The Balaban J connectivity index is 1.73. The van der Waals surface area contributed by atoms with Crippen molar-refractivity contribution >= 4 is 11.6 Å². The average Bonchev–Trinajstić information content (AvgIpc) is 3.02. The molecule has 23 heavy (non-hydrogen) atoms. The molecule has 1 saturated carbocycles. The fourth-order valence-electron chi connectivity index (χ4n) is 3.21. The van der Waals surface area contributed by atoms with Gasteiger partial charge in [0.05, 0.1) is 6.04 Å². The van der Waals surface area contributed by atoms with Gasteiger partial charge < -0.3 is 5.32 Å². The van der Waals surface area contributed by atoms with Crippen molar-refractivity contribution in [1.29, 1.82) is 0 Å². The monoisotopic (exact) mass is 307 g/mol. The van der Waals surface area contributed by atoms with E-state index in [9.17, 15) is 0 Å². The fourth-order valence-corrected chi connectivity index (χ4v) is 3.21. The fraction of sp³-hybridized carbons (Fsp3) is 0.389. The van der Waals surface area contributed by atoms with Gasteiger partial charge >= 0.3 is 0 Å². The summed E-state index contributed by atoms with van der Waals surface area (Å²) >= 11 is 0. The summed E-state index contributed by atoms with van der Waals surface area (Å²) in [5.41, 5.74) is 2.37. The highest BCUT2D eigenvalue weighted by Crippen LogP contribution is 2.39. The third-order valence-corrected chi connectivity index (χ3v) is 4.75. The molecule has 0 radical (unpaired) electrons. The Labute approximate surface area is 135 Å². The second-order valence-electron chi connectivity index (χ2n) is 6.18. The summed E-state index contributed by atoms with van der Waals surface area (Å²) in [4.78, 5) is 8.77. The standard InChI is InChI=1S/C18H21N5/c1-2-15-11-16(23-18(21-15)19-12-20-23)22-17(14-9-6-10-14)13-7-4-3-5-8-13/h3-5,7-8,11-12,14,17,22H,2,6,9-10H2,1H3. The molecular formula is C18H21N5. The molecule has 1 N–H and O–H groups in total. The molecule has 2 heterocycles. The van der Waals surface area contributed by atoms with Crippen LogP contribution in [0.3, 0.4) is 0 Å². The maximum absolute atomic E-state index is 4.52. The number of nitrogens with zero attached hydrogens (tertiary/aromatic N) is 4. The van der Waals surface area contributed by atoms with Gasteiger partial charge in [-0.2, -0.15) is 14.6 Å². The Morgan fingerprint density at radius 2 is 2.09 bits per heavy atom. The van der Waals surface area contributed by atoms with Crippen molar-refractivity contribution in [3.63, 3.8) is 0 Å². The van der Waals surface area contributed by atoms with Crippen molar-refractivity contribution in [2.24, 2.45) is 5.92 Å². The minimum atomic E-state index is 0.310. The number of hydrogen-bond acceptors (Lipinski definition) is 4. The molecule has 1 aliphatic carbocycles. The van der Waals surface area contributed by atoms with E-state index in [1.54, 1.807) is 10.8 Å². The predicted octanol–water partition coefficient (Wildman–Crippen LogP) is 3.64. The minimum absolute atomic E-state index is 0.310. The maximum atomic E-state index is 4.52. The predicted molar refractivity (Wildman–Crippen MR) is 90.3 cm³/mol. The van der Waals surface area contributed by atoms with E-state index in [4.69, 9.17) is 0 Å². The largest absolute Gasteiger partial charge is 0.363 e. The minimum Gasteiger partial charge on any atom is -0.363 e. The summed E-state index contributed by atoms with van der Waals surface area (Å²) in [5.74, 6) is 2.31. The van der Waals surface area contributed by atoms with Crippen LogP contribution in [0.25, 0.3) is 5.78 Å². The Hall–Kier alpha value is -2.43. The average molecular weight is 307 g/mol. The Bertz CT molecular complexity index is 792. The molecule has 1 fully saturated rings. The molecule has 3 aromatic rings. The molecule has 1 aromatic carbocycles. The molecule has 5 heteroatoms. The van der Waals surface area contributed by atoms with Crippen molar-refractivity contribution in [2.75, 3.05) is 5.32 Å². The first-order valence-electron chi connectivity index (χ1n) is 8.36. The molecule has 0 saturated heterocycles. The number of aryl methyl sites for hydroxylation is 1. The smallest absolute Gasteiger partial charge is 0.254 e. The van der Waals surface area contributed by atoms with Gasteiger partial charge in [-0.1, -0.05) is 43.7 Å². The zero-order valence-corrected chi connectivity index (χ0v) is 13.3. The van der Waals surface area contributed by atoms with E-state index in [0.29, 0.717) is 17.7 Å². The van der Waals surface area contributed by atoms with Gasteiger partial charge in [0, 0.05) is 11.8 Å². The number of hydrogen-bond donors (Lipinski definition) is 1. The first-order chi connectivity index (χ1) is 11.3. The highest BCUT2D eigenvalue weighted by molar-refractivity contribution is 5.47. The number of benzene rings is 1. The lowest BCUT2D eigenvalue weighted by molar-refractivity contribution is 0.276. The van der Waals surface area contributed by atoms with Crippen molar-refractivity contribution in [2.45, 2.75) is 38.6 Å². The zero-order chi connectivity index (χ0) is 15.6. The first kappa shape index (κ1) is 14.2. The Morgan fingerprint density at radius 1 is 1.26 bits per heavy atom. The van der Waals surface area contributed by atoms with E-state index in [-0.39, 0.29) is 0 Å². The summed E-state index contributed by atoms with van der Waals surface area (Å²) in [6, 6.07) is 13.1. The van der Waals surface area contributed by atoms with Gasteiger partial charge in [0.1, 0.15) is 12.1 Å². The molecule has 1 unspecified atom stereocenters. The van der Waals surface area contributed by atoms with Gasteiger partial charge in [0.2, 0.25) is 0 Å². The Kier molecular flexibility index (Phi) is 3.69. The number of aromatic nitrogens is 4. The summed E-state index contributed by atoms with van der Waals surface area (Å²) < 4.78 is 1.80. The quantitative estimate of drug-likeness (QED) is 0.782. The van der Waals surface area contributed by atoms with Crippen molar-refractivity contribution < 1.29 is 0 Å². The van der Waals surface area contributed by atoms with Crippen LogP contribution in [0.4, 0.5) is 5.82 Å². The van der Waals surface area contributed by atoms with Gasteiger partial charge in [-0.05, 0) is 30.7 Å². The van der Waals surface area contributed by atoms with E-state index in [0.717, 1.165) is 17.9 Å². The molecule has 0 spiro atoms. The SMILES string of the molecule is CCc1cc(NC(c2ccccc2)C2CCC2)n2ncnc2n1. The van der Waals surface area contributed by atoms with Gasteiger partial charge in [0.15, 0.2) is 0 Å². The van der Waals surface area contributed by atoms with E-state index in [2.05, 4.69) is 63.7 Å². The maximum Gasteiger partial charge on any atom is 0.254 e. The molecule has 0 amide bonds. The summed E-state index contributed by atoms with van der Waals surface area (Å²) in [6.07, 6.45) is 6.33. The van der Waals surface area contributed by atoms with Crippen LogP contribution in [-0.4, -0.2) is 19.6 Å². The molecule has 1 aliphatic rings. The van der Waals surface area contributed by atoms with Crippen LogP contribution in [0.1, 0.15) is 43.5 Å². The van der Waals surface area contributed by atoms with Gasteiger partial charge in [-0.25, -0.2) is 4.98 Å². The number of nitrogens with one attached hydrogen (secondary N) is 1. The molecule has 1 atom stereocenters. The van der Waals surface area contributed by atoms with E-state index in [1.807, 2.05) is 0 Å². The molecule has 0 aliphatic heterocycles. The van der Waals surface area contributed by atoms with Gasteiger partial charge in [-0.15, -0.1) is 0 Å². The lowest BCUT2D eigenvalue weighted by Gasteiger charge is -2.35.